The maximum atomic E-state index is 13.2. The number of hydrogen-bond donors (Lipinski definition) is 1. The molecule has 0 saturated heterocycles. The molecule has 2 aromatic rings. The van der Waals surface area contributed by atoms with Crippen LogP contribution in [-0.2, 0) is 6.61 Å². The minimum atomic E-state index is -1.30. The molecule has 0 radical (unpaired) electrons. The highest BCUT2D eigenvalue weighted by Gasteiger charge is 2.13. The van der Waals surface area contributed by atoms with Crippen LogP contribution in [0.25, 0.3) is 0 Å². The fourth-order valence-corrected chi connectivity index (χ4v) is 1.70. The predicted molar refractivity (Wildman–Crippen MR) is 69.1 cm³/mol. The maximum absolute atomic E-state index is 13.2. The van der Waals surface area contributed by atoms with Gasteiger partial charge in [0.25, 0.3) is 0 Å². The first kappa shape index (κ1) is 14.3. The van der Waals surface area contributed by atoms with E-state index in [0.717, 1.165) is 12.1 Å². The zero-order valence-corrected chi connectivity index (χ0v) is 10.8. The Bertz CT molecular complexity index is 659. The van der Waals surface area contributed by atoms with Crippen molar-refractivity contribution in [3.63, 3.8) is 0 Å². The lowest BCUT2D eigenvalue weighted by molar-refractivity contribution is 0.0691. The van der Waals surface area contributed by atoms with Crippen LogP contribution in [0.3, 0.4) is 0 Å². The third kappa shape index (κ3) is 3.24. The number of benzene rings is 2. The monoisotopic (exact) mass is 298 g/mol. The van der Waals surface area contributed by atoms with E-state index in [1.54, 1.807) is 6.07 Å². The number of rotatable bonds is 4. The molecule has 0 amide bonds. The van der Waals surface area contributed by atoms with Gasteiger partial charge in [0.2, 0.25) is 0 Å². The van der Waals surface area contributed by atoms with E-state index in [2.05, 4.69) is 0 Å². The first-order valence-corrected chi connectivity index (χ1v) is 5.95. The second kappa shape index (κ2) is 5.88. The first-order valence-electron chi connectivity index (χ1n) is 5.57. The van der Waals surface area contributed by atoms with E-state index in [0.29, 0.717) is 5.56 Å². The molecule has 0 bridgehead atoms. The molecule has 0 unspecified atom stereocenters. The number of halogens is 3. The minimum Gasteiger partial charge on any atom is -0.488 e. The topological polar surface area (TPSA) is 46.5 Å². The van der Waals surface area contributed by atoms with E-state index >= 15 is 0 Å². The Hall–Kier alpha value is -2.14. The molecule has 0 heterocycles. The molecule has 0 spiro atoms. The highest BCUT2D eigenvalue weighted by Crippen LogP contribution is 2.22. The number of carbonyl (C=O) groups is 1. The van der Waals surface area contributed by atoms with Crippen LogP contribution in [0.4, 0.5) is 8.78 Å². The van der Waals surface area contributed by atoms with Crippen molar-refractivity contribution < 1.29 is 23.4 Å². The Morgan fingerprint density at radius 3 is 2.60 bits per heavy atom. The molecule has 1 N–H and O–H groups in total. The third-order valence-electron chi connectivity index (χ3n) is 2.55. The minimum absolute atomic E-state index is 0.00857. The van der Waals surface area contributed by atoms with Gasteiger partial charge in [-0.3, -0.25) is 0 Å². The second-order valence-corrected chi connectivity index (χ2v) is 4.39. The summed E-state index contributed by atoms with van der Waals surface area (Å²) in [4.78, 5) is 11.0. The van der Waals surface area contributed by atoms with Gasteiger partial charge in [-0.1, -0.05) is 17.7 Å². The SMILES string of the molecule is O=C(O)c1cc(F)ccc1OCc1ccc(Cl)c(F)c1. The van der Waals surface area contributed by atoms with Crippen molar-refractivity contribution in [3.05, 3.63) is 64.2 Å². The maximum Gasteiger partial charge on any atom is 0.339 e. The van der Waals surface area contributed by atoms with E-state index < -0.39 is 17.6 Å². The van der Waals surface area contributed by atoms with E-state index in [1.807, 2.05) is 0 Å². The summed E-state index contributed by atoms with van der Waals surface area (Å²) in [5, 5.41) is 8.93. The number of hydrogen-bond acceptors (Lipinski definition) is 2. The van der Waals surface area contributed by atoms with Crippen LogP contribution in [-0.4, -0.2) is 11.1 Å². The molecule has 104 valence electrons. The summed E-state index contributed by atoms with van der Waals surface area (Å²) < 4.78 is 31.5. The number of ether oxygens (including phenoxy) is 1. The molecule has 0 aliphatic heterocycles. The van der Waals surface area contributed by atoms with Crippen molar-refractivity contribution in [1.29, 1.82) is 0 Å². The van der Waals surface area contributed by atoms with E-state index in [1.165, 1.54) is 18.2 Å². The Balaban J connectivity index is 2.18. The van der Waals surface area contributed by atoms with Crippen molar-refractivity contribution in [2.75, 3.05) is 0 Å². The lowest BCUT2D eigenvalue weighted by Crippen LogP contribution is -2.04. The molecular weight excluding hydrogens is 290 g/mol. The van der Waals surface area contributed by atoms with Crippen LogP contribution in [0.1, 0.15) is 15.9 Å². The van der Waals surface area contributed by atoms with Crippen LogP contribution < -0.4 is 4.74 Å². The van der Waals surface area contributed by atoms with Crippen molar-refractivity contribution in [2.45, 2.75) is 6.61 Å². The quantitative estimate of drug-likeness (QED) is 0.931. The zero-order chi connectivity index (χ0) is 14.7. The Labute approximate surface area is 118 Å². The summed E-state index contributed by atoms with van der Waals surface area (Å²) >= 11 is 5.55. The van der Waals surface area contributed by atoms with Gasteiger partial charge < -0.3 is 9.84 Å². The van der Waals surface area contributed by atoms with Crippen LogP contribution >= 0.6 is 11.6 Å². The standard InChI is InChI=1S/C14H9ClF2O3/c15-11-3-1-8(5-12(11)17)7-20-13-4-2-9(16)6-10(13)14(18)19/h1-6H,7H2,(H,18,19). The summed E-state index contributed by atoms with van der Waals surface area (Å²) in [5.41, 5.74) is 0.187. The van der Waals surface area contributed by atoms with E-state index in [4.69, 9.17) is 21.4 Å². The van der Waals surface area contributed by atoms with E-state index in [9.17, 15) is 13.6 Å². The number of carboxylic acids is 1. The molecule has 2 aromatic carbocycles. The van der Waals surface area contributed by atoms with Gasteiger partial charge in [-0.2, -0.15) is 0 Å². The third-order valence-corrected chi connectivity index (χ3v) is 2.86. The summed E-state index contributed by atoms with van der Waals surface area (Å²) in [5.74, 6) is -2.56. The van der Waals surface area contributed by atoms with Crippen molar-refractivity contribution in [1.82, 2.24) is 0 Å². The Morgan fingerprint density at radius 1 is 1.20 bits per heavy atom. The molecule has 3 nitrogen and oxygen atoms in total. The van der Waals surface area contributed by atoms with Gasteiger partial charge in [0.15, 0.2) is 0 Å². The van der Waals surface area contributed by atoms with Crippen LogP contribution in [0.2, 0.25) is 5.02 Å². The van der Waals surface area contributed by atoms with Gasteiger partial charge in [-0.15, -0.1) is 0 Å². The van der Waals surface area contributed by atoms with Crippen molar-refractivity contribution in [2.24, 2.45) is 0 Å². The summed E-state index contributed by atoms with van der Waals surface area (Å²) in [7, 11) is 0. The second-order valence-electron chi connectivity index (χ2n) is 3.98. The Morgan fingerprint density at radius 2 is 1.95 bits per heavy atom. The first-order chi connectivity index (χ1) is 9.47. The molecule has 0 aliphatic rings. The number of carboxylic acid groups (broad SMARTS) is 1. The molecule has 20 heavy (non-hydrogen) atoms. The molecule has 6 heteroatoms. The normalized spacial score (nSPS) is 10.3. The van der Waals surface area contributed by atoms with Gasteiger partial charge in [-0.25, -0.2) is 13.6 Å². The van der Waals surface area contributed by atoms with Crippen molar-refractivity contribution >= 4 is 17.6 Å². The largest absolute Gasteiger partial charge is 0.488 e. The van der Waals surface area contributed by atoms with Gasteiger partial charge in [0.05, 0.1) is 5.02 Å². The van der Waals surface area contributed by atoms with Gasteiger partial charge >= 0.3 is 5.97 Å². The van der Waals surface area contributed by atoms with Gasteiger partial charge in [0, 0.05) is 0 Å². The fourth-order valence-electron chi connectivity index (χ4n) is 1.59. The van der Waals surface area contributed by atoms with Crippen LogP contribution in [0.15, 0.2) is 36.4 Å². The zero-order valence-electron chi connectivity index (χ0n) is 10.1. The molecular formula is C14H9ClF2O3. The molecule has 0 atom stereocenters. The van der Waals surface area contributed by atoms with E-state index in [-0.39, 0.29) is 22.9 Å². The van der Waals surface area contributed by atoms with Gasteiger partial charge in [0.1, 0.15) is 29.6 Å². The molecule has 0 aliphatic carbocycles. The fraction of sp³-hybridized carbons (Fsp3) is 0.0714. The highest BCUT2D eigenvalue weighted by molar-refractivity contribution is 6.30. The molecule has 2 rings (SSSR count). The predicted octanol–water partition coefficient (Wildman–Crippen LogP) is 3.90. The van der Waals surface area contributed by atoms with Crippen LogP contribution in [0, 0.1) is 11.6 Å². The molecule has 0 saturated carbocycles. The summed E-state index contributed by atoms with van der Waals surface area (Å²) in [6.45, 7) is -0.0556. The lowest BCUT2D eigenvalue weighted by atomic mass is 10.2. The number of aromatic carboxylic acids is 1. The molecule has 0 aromatic heterocycles. The summed E-state index contributed by atoms with van der Waals surface area (Å²) in [6, 6.07) is 7.27. The lowest BCUT2D eigenvalue weighted by Gasteiger charge is -2.09. The Kier molecular flexibility index (Phi) is 4.20. The summed E-state index contributed by atoms with van der Waals surface area (Å²) in [6.07, 6.45) is 0. The van der Waals surface area contributed by atoms with Crippen LogP contribution in [0.5, 0.6) is 5.75 Å². The average Bonchev–Trinajstić information content (AvgIpc) is 2.41. The highest BCUT2D eigenvalue weighted by atomic mass is 35.5. The average molecular weight is 299 g/mol. The molecule has 0 fully saturated rings. The smallest absolute Gasteiger partial charge is 0.339 e. The van der Waals surface area contributed by atoms with Crippen molar-refractivity contribution in [3.8, 4) is 5.75 Å². The van der Waals surface area contributed by atoms with Gasteiger partial charge in [-0.05, 0) is 35.9 Å².